The average Bonchev–Trinajstić information content (AvgIpc) is 3.46. The maximum absolute atomic E-state index is 12.8. The van der Waals surface area contributed by atoms with Crippen molar-refractivity contribution < 1.29 is 75.8 Å². The second-order valence-corrected chi connectivity index (χ2v) is 24.1. The van der Waals surface area contributed by atoms with Crippen molar-refractivity contribution in [1.82, 2.24) is 0 Å². The molecular weight excluding hydrogens is 1100 g/mol. The first kappa shape index (κ1) is 79.7. The second kappa shape index (κ2) is 59.1. The van der Waals surface area contributed by atoms with Crippen LogP contribution < -0.4 is 0 Å². The van der Waals surface area contributed by atoms with Crippen molar-refractivity contribution in [2.45, 2.75) is 270 Å². The van der Waals surface area contributed by atoms with Crippen LogP contribution in [-0.4, -0.2) is 95.9 Å². The number of allylic oxidation sites excluding steroid dienone is 14. The molecule has 18 heteroatoms. The lowest BCUT2D eigenvalue weighted by molar-refractivity contribution is -0.161. The molecule has 0 saturated carbocycles. The highest BCUT2D eigenvalue weighted by Crippen LogP contribution is 2.45. The molecule has 0 fully saturated rings. The number of carbonyl (C=O) groups excluding carboxylic acids is 3. The molecule has 5 unspecified atom stereocenters. The van der Waals surface area contributed by atoms with Gasteiger partial charge in [-0.15, -0.1) is 0 Å². The Balaban J connectivity index is 4.60. The minimum Gasteiger partial charge on any atom is -0.463 e. The number of unbranched alkanes of at least 4 members (excludes halogenated alkanes) is 23. The molecule has 0 rings (SSSR count). The van der Waals surface area contributed by atoms with Crippen LogP contribution in [0.2, 0.25) is 0 Å². The minimum atomic E-state index is -4.92. The van der Waals surface area contributed by atoms with E-state index in [1.807, 2.05) is 0 Å². The Hall–Kier alpha value is -3.27. The second-order valence-electron chi connectivity index (χ2n) is 21.2. The molecule has 0 aromatic carbocycles. The van der Waals surface area contributed by atoms with E-state index in [9.17, 15) is 43.5 Å². The van der Waals surface area contributed by atoms with Gasteiger partial charge in [-0.05, 0) is 96.3 Å². The van der Waals surface area contributed by atoms with Crippen LogP contribution in [0.5, 0.6) is 0 Å². The highest BCUT2D eigenvalue weighted by molar-refractivity contribution is 7.47. The molecule has 0 bridgehead atoms. The van der Waals surface area contributed by atoms with Gasteiger partial charge in [0.2, 0.25) is 0 Å². The average molecular weight is 1210 g/mol. The van der Waals surface area contributed by atoms with Crippen LogP contribution in [0.1, 0.15) is 252 Å². The zero-order valence-corrected chi connectivity index (χ0v) is 53.4. The molecule has 0 aliphatic heterocycles. The third-order valence-corrected chi connectivity index (χ3v) is 15.0. The molecule has 0 spiro atoms. The lowest BCUT2D eigenvalue weighted by Crippen LogP contribution is -2.30. The van der Waals surface area contributed by atoms with Crippen molar-refractivity contribution in [2.75, 3.05) is 39.6 Å². The normalized spacial score (nSPS) is 14.9. The van der Waals surface area contributed by atoms with Gasteiger partial charge in [-0.25, -0.2) is 9.13 Å². The first-order valence-electron chi connectivity index (χ1n) is 31.9. The zero-order chi connectivity index (χ0) is 61.0. The maximum atomic E-state index is 12.8. The van der Waals surface area contributed by atoms with Gasteiger partial charge in [0.05, 0.1) is 26.4 Å². The summed E-state index contributed by atoms with van der Waals surface area (Å²) in [4.78, 5) is 58.1. The predicted molar refractivity (Wildman–Crippen MR) is 334 cm³/mol. The van der Waals surface area contributed by atoms with Gasteiger partial charge in [0, 0.05) is 19.3 Å². The Morgan fingerprint density at radius 3 is 1.04 bits per heavy atom. The highest BCUT2D eigenvalue weighted by Gasteiger charge is 2.29. The fraction of sp³-hybridized carbons (Fsp3) is 0.738. The summed E-state index contributed by atoms with van der Waals surface area (Å²) in [5.41, 5.74) is 0. The molecule has 83 heavy (non-hydrogen) atoms. The summed E-state index contributed by atoms with van der Waals surface area (Å²) >= 11 is 0. The maximum Gasteiger partial charge on any atom is 0.472 e. The topological polar surface area (TPSA) is 231 Å². The van der Waals surface area contributed by atoms with Gasteiger partial charge in [-0.1, -0.05) is 221 Å². The van der Waals surface area contributed by atoms with E-state index in [1.54, 1.807) is 0 Å². The Kier molecular flexibility index (Phi) is 56.8. The summed E-state index contributed by atoms with van der Waals surface area (Å²) in [7, 11) is -9.77. The number of hydrogen-bond donors (Lipinski definition) is 4. The largest absolute Gasteiger partial charge is 0.472 e. The number of esters is 3. The number of aliphatic hydroxyl groups excluding tert-OH is 2. The lowest BCUT2D eigenvalue weighted by atomic mass is 10.1. The Morgan fingerprint density at radius 2 is 0.639 bits per heavy atom. The van der Waals surface area contributed by atoms with Crippen LogP contribution in [0.4, 0.5) is 0 Å². The van der Waals surface area contributed by atoms with E-state index in [2.05, 4.69) is 106 Å². The summed E-state index contributed by atoms with van der Waals surface area (Å²) in [6.45, 7) is 2.47. The number of rotatable bonds is 60. The van der Waals surface area contributed by atoms with Crippen LogP contribution >= 0.6 is 15.6 Å². The number of phosphoric ester groups is 2. The van der Waals surface area contributed by atoms with E-state index in [1.165, 1.54) is 57.8 Å². The van der Waals surface area contributed by atoms with Gasteiger partial charge in [0.15, 0.2) is 6.10 Å². The molecule has 0 amide bonds. The molecule has 0 saturated heterocycles. The van der Waals surface area contributed by atoms with Gasteiger partial charge >= 0.3 is 33.6 Å². The Bertz CT molecular complexity index is 1860. The van der Waals surface area contributed by atoms with Crippen molar-refractivity contribution in [1.29, 1.82) is 0 Å². The first-order chi connectivity index (χ1) is 40.2. The monoisotopic (exact) mass is 1210 g/mol. The van der Waals surface area contributed by atoms with Gasteiger partial charge < -0.3 is 34.2 Å². The summed E-state index contributed by atoms with van der Waals surface area (Å²) in [5, 5.41) is 20.5. The van der Waals surface area contributed by atoms with E-state index in [0.29, 0.717) is 19.3 Å². The van der Waals surface area contributed by atoms with Crippen molar-refractivity contribution in [3.05, 3.63) is 85.1 Å². The number of aliphatic hydroxyl groups is 2. The lowest BCUT2D eigenvalue weighted by Gasteiger charge is -2.21. The first-order valence-corrected chi connectivity index (χ1v) is 34.9. The highest BCUT2D eigenvalue weighted by atomic mass is 31.2. The molecule has 16 nitrogen and oxygen atoms in total. The molecule has 0 radical (unpaired) electrons. The van der Waals surface area contributed by atoms with E-state index in [-0.39, 0.29) is 19.3 Å². The molecule has 480 valence electrons. The van der Waals surface area contributed by atoms with Crippen LogP contribution in [-0.2, 0) is 55.8 Å². The smallest absolute Gasteiger partial charge is 0.463 e. The molecule has 4 N–H and O–H groups in total. The van der Waals surface area contributed by atoms with Crippen LogP contribution in [0.3, 0.4) is 0 Å². The number of ether oxygens (including phenoxy) is 3. The third-order valence-electron chi connectivity index (χ3n) is 13.1. The van der Waals surface area contributed by atoms with Crippen molar-refractivity contribution >= 4 is 33.6 Å². The Labute approximate surface area is 502 Å². The van der Waals surface area contributed by atoms with Crippen molar-refractivity contribution in [3.8, 4) is 0 Å². The summed E-state index contributed by atoms with van der Waals surface area (Å²) in [5.74, 6) is -1.61. The molecule has 0 aliphatic rings. The van der Waals surface area contributed by atoms with Crippen LogP contribution in [0.15, 0.2) is 85.1 Å². The SMILES string of the molecule is CC/C=C\C/C=C\C/C=C\C/C=C\C/C=C\CCCCCCCC(=O)OCC(O)COP(=O)(O)OCC(O)COP(=O)(O)OCC(COC(=O)CCCCCCC/C=C\C/C=C\CCCCC)OC(=O)CCCCCCCCCCCCC. The fourth-order valence-electron chi connectivity index (χ4n) is 8.21. The van der Waals surface area contributed by atoms with Gasteiger partial charge in [-0.3, -0.25) is 32.5 Å². The Morgan fingerprint density at radius 1 is 0.349 bits per heavy atom. The van der Waals surface area contributed by atoms with Crippen LogP contribution in [0, 0.1) is 0 Å². The molecule has 0 heterocycles. The zero-order valence-electron chi connectivity index (χ0n) is 51.6. The standard InChI is InChI=1S/C65H114O16P2/c1-4-7-10-13-16-19-22-24-26-27-28-29-30-31-33-35-37-39-42-45-48-51-63(68)75-54-60(66)55-77-82(71,72)78-56-61(67)57-79-83(73,74)80-59-62(81-65(70)53-50-47-44-41-36-21-18-15-12-9-6-3)58-76-64(69)52-49-46-43-40-38-34-32-25-23-20-17-14-11-8-5-2/h7,10,16-17,19-20,24-26,28-29,31-33,60-62,66-67H,4-6,8-9,11-15,18,21-23,27,30,34-59H2,1-3H3,(H,71,72)(H,73,74)/b10-7-,19-16-,20-17-,26-24-,29-28-,32-25-,33-31-. The van der Waals surface area contributed by atoms with Gasteiger partial charge in [-0.2, -0.15) is 0 Å². The molecule has 5 atom stereocenters. The van der Waals surface area contributed by atoms with Gasteiger partial charge in [0.1, 0.15) is 25.4 Å². The summed E-state index contributed by atoms with van der Waals surface area (Å²) in [6.07, 6.45) is 60.7. The third kappa shape index (κ3) is 60.2. The van der Waals surface area contributed by atoms with Gasteiger partial charge in [0.25, 0.3) is 0 Å². The molecular formula is C65H114O16P2. The van der Waals surface area contributed by atoms with Crippen molar-refractivity contribution in [3.63, 3.8) is 0 Å². The minimum absolute atomic E-state index is 0.104. The number of hydrogen-bond acceptors (Lipinski definition) is 14. The quantitative estimate of drug-likeness (QED) is 0.0146. The predicted octanol–water partition coefficient (Wildman–Crippen LogP) is 17.0. The molecule has 0 aliphatic carbocycles. The fourth-order valence-corrected chi connectivity index (χ4v) is 9.80. The van der Waals surface area contributed by atoms with E-state index in [4.69, 9.17) is 32.3 Å². The number of carbonyl (C=O) groups is 3. The van der Waals surface area contributed by atoms with Crippen molar-refractivity contribution in [2.24, 2.45) is 0 Å². The molecule has 0 aromatic heterocycles. The summed E-state index contributed by atoms with van der Waals surface area (Å²) < 4.78 is 60.7. The summed E-state index contributed by atoms with van der Waals surface area (Å²) in [6, 6.07) is 0. The van der Waals surface area contributed by atoms with E-state index in [0.717, 1.165) is 135 Å². The number of phosphoric acid groups is 2. The van der Waals surface area contributed by atoms with E-state index >= 15 is 0 Å². The molecule has 0 aromatic rings. The van der Waals surface area contributed by atoms with Crippen LogP contribution in [0.25, 0.3) is 0 Å². The van der Waals surface area contributed by atoms with E-state index < -0.39 is 91.5 Å².